The predicted molar refractivity (Wildman–Crippen MR) is 187 cm³/mol. The fourth-order valence-corrected chi connectivity index (χ4v) is 9.29. The second kappa shape index (κ2) is 8.61. The van der Waals surface area contributed by atoms with E-state index in [1.807, 2.05) is 0 Å². The van der Waals surface area contributed by atoms with E-state index in [1.54, 1.807) is 0 Å². The Morgan fingerprint density at radius 1 is 0.773 bits per heavy atom. The van der Waals surface area contributed by atoms with Gasteiger partial charge in [-0.3, -0.25) is 0 Å². The van der Waals surface area contributed by atoms with Crippen LogP contribution in [0.3, 0.4) is 0 Å². The van der Waals surface area contributed by atoms with Gasteiger partial charge in [0.15, 0.2) is 0 Å². The molecule has 4 aromatic carbocycles. The quantitative estimate of drug-likeness (QED) is 0.201. The van der Waals surface area contributed by atoms with Crippen molar-refractivity contribution in [3.05, 3.63) is 155 Å². The molecule has 3 atom stereocenters. The Bertz CT molecular complexity index is 2360. The minimum Gasteiger partial charge on any atom is -0.312 e. The van der Waals surface area contributed by atoms with Gasteiger partial charge in [-0.05, 0) is 74.7 Å². The Balaban J connectivity index is 1.39. The van der Waals surface area contributed by atoms with Gasteiger partial charge in [-0.15, -0.1) is 0 Å². The molecule has 1 nitrogen and oxygen atoms in total. The van der Waals surface area contributed by atoms with Crippen molar-refractivity contribution < 1.29 is 0 Å². The van der Waals surface area contributed by atoms with Crippen LogP contribution < -0.4 is 0 Å². The predicted octanol–water partition coefficient (Wildman–Crippen LogP) is 11.0. The summed E-state index contributed by atoms with van der Waals surface area (Å²) in [6, 6.07) is 27.3. The first-order chi connectivity index (χ1) is 21.7. The van der Waals surface area contributed by atoms with Crippen molar-refractivity contribution in [2.45, 2.75) is 32.1 Å². The summed E-state index contributed by atoms with van der Waals surface area (Å²) in [7, 11) is 0. The number of rotatable bonds is 2. The molecule has 0 aliphatic heterocycles. The topological polar surface area (TPSA) is 4.93 Å². The van der Waals surface area contributed by atoms with E-state index in [-0.39, 0.29) is 11.3 Å². The van der Waals surface area contributed by atoms with E-state index in [4.69, 9.17) is 0 Å². The number of allylic oxidation sites excluding steroid dienone is 14. The van der Waals surface area contributed by atoms with Crippen LogP contribution in [0.2, 0.25) is 0 Å². The zero-order chi connectivity index (χ0) is 29.2. The zero-order valence-corrected chi connectivity index (χ0v) is 25.1. The third kappa shape index (κ3) is 2.86. The van der Waals surface area contributed by atoms with Crippen molar-refractivity contribution in [3.8, 4) is 0 Å². The summed E-state index contributed by atoms with van der Waals surface area (Å²) in [5.41, 5.74) is 15.5. The number of fused-ring (bicyclic) bond motifs is 12. The molecule has 1 heterocycles. The van der Waals surface area contributed by atoms with Crippen molar-refractivity contribution in [1.82, 2.24) is 4.57 Å². The standard InChI is InChI=1S/C43H33N/c1-3-43(2)35-22-6-4-5-18-32(35)40-41(43)31-17-10-9-16-29(31)39-34-19-11-12-23-36(34)44(42(39)40)37-25-24-30-27-15-8-7-14-26(27)28-20-13-21-33(37)38(28)30/h5-25,33,38H,3-4H2,1-2H3. The largest absolute Gasteiger partial charge is 0.312 e. The maximum absolute atomic E-state index is 2.67. The van der Waals surface area contributed by atoms with Gasteiger partial charge in [-0.25, -0.2) is 0 Å². The molecule has 210 valence electrons. The fourth-order valence-electron chi connectivity index (χ4n) is 9.29. The van der Waals surface area contributed by atoms with Crippen LogP contribution in [-0.2, 0) is 5.41 Å². The molecule has 0 saturated carbocycles. The lowest BCUT2D eigenvalue weighted by Gasteiger charge is -2.33. The molecule has 10 rings (SSSR count). The normalized spacial score (nSPS) is 24.3. The summed E-state index contributed by atoms with van der Waals surface area (Å²) in [6.07, 6.45) is 23.6. The first kappa shape index (κ1) is 24.6. The van der Waals surface area contributed by atoms with Crippen LogP contribution in [-0.4, -0.2) is 4.57 Å². The zero-order valence-electron chi connectivity index (χ0n) is 25.1. The van der Waals surface area contributed by atoms with Gasteiger partial charge in [-0.1, -0.05) is 129 Å². The highest BCUT2D eigenvalue weighted by molar-refractivity contribution is 6.27. The van der Waals surface area contributed by atoms with Gasteiger partial charge in [-0.2, -0.15) is 0 Å². The van der Waals surface area contributed by atoms with E-state index >= 15 is 0 Å². The Morgan fingerprint density at radius 3 is 2.30 bits per heavy atom. The van der Waals surface area contributed by atoms with Crippen LogP contribution in [0, 0.1) is 11.8 Å². The summed E-state index contributed by atoms with van der Waals surface area (Å²) in [5, 5.41) is 5.47. The smallest absolute Gasteiger partial charge is 0.0626 e. The number of para-hydroxylation sites is 1. The molecule has 0 saturated heterocycles. The van der Waals surface area contributed by atoms with E-state index in [2.05, 4.69) is 146 Å². The highest BCUT2D eigenvalue weighted by Gasteiger charge is 2.44. The molecule has 5 aliphatic carbocycles. The SMILES string of the molecule is CCC1(C)C2=C(C=CCC=C2)c2c1c1ccccc1c1c3ccccc3n(C3=CC=C4c5ccccc5C5=CC=CC3C54)c21. The van der Waals surface area contributed by atoms with Gasteiger partial charge in [0.2, 0.25) is 0 Å². The minimum atomic E-state index is -0.0628. The van der Waals surface area contributed by atoms with Crippen molar-refractivity contribution >= 4 is 55.0 Å². The van der Waals surface area contributed by atoms with Crippen molar-refractivity contribution in [1.29, 1.82) is 0 Å². The maximum atomic E-state index is 2.67. The molecule has 0 amide bonds. The average Bonchev–Trinajstić information content (AvgIpc) is 3.57. The minimum absolute atomic E-state index is 0.0628. The van der Waals surface area contributed by atoms with Crippen LogP contribution in [0.25, 0.3) is 55.0 Å². The summed E-state index contributed by atoms with van der Waals surface area (Å²) in [6.45, 7) is 4.85. The highest BCUT2D eigenvalue weighted by Crippen LogP contribution is 2.59. The van der Waals surface area contributed by atoms with Crippen LogP contribution >= 0.6 is 0 Å². The lowest BCUT2D eigenvalue weighted by molar-refractivity contribution is 0.564. The molecule has 5 aliphatic rings. The Labute approximate surface area is 258 Å². The molecule has 3 unspecified atom stereocenters. The van der Waals surface area contributed by atoms with Gasteiger partial charge in [0.25, 0.3) is 0 Å². The first-order valence-corrected chi connectivity index (χ1v) is 16.2. The van der Waals surface area contributed by atoms with Crippen LogP contribution in [0.15, 0.2) is 133 Å². The maximum Gasteiger partial charge on any atom is 0.0626 e. The second-order valence-electron chi connectivity index (χ2n) is 13.2. The second-order valence-corrected chi connectivity index (χ2v) is 13.2. The van der Waals surface area contributed by atoms with Gasteiger partial charge in [0, 0.05) is 39.3 Å². The van der Waals surface area contributed by atoms with E-state index in [0.29, 0.717) is 5.92 Å². The lowest BCUT2D eigenvalue weighted by Crippen LogP contribution is -2.22. The molecular weight excluding hydrogens is 530 g/mol. The number of benzene rings is 4. The Kier molecular flexibility index (Phi) is 4.80. The van der Waals surface area contributed by atoms with Crippen molar-refractivity contribution in [2.75, 3.05) is 0 Å². The Hall–Kier alpha value is -4.88. The molecule has 0 fully saturated rings. The summed E-state index contributed by atoms with van der Waals surface area (Å²) >= 11 is 0. The molecule has 0 spiro atoms. The van der Waals surface area contributed by atoms with Crippen LogP contribution in [0.4, 0.5) is 0 Å². The first-order valence-electron chi connectivity index (χ1n) is 16.2. The number of hydrogen-bond acceptors (Lipinski definition) is 0. The Morgan fingerprint density at radius 2 is 1.48 bits per heavy atom. The molecule has 44 heavy (non-hydrogen) atoms. The van der Waals surface area contributed by atoms with E-state index in [1.165, 1.54) is 82.8 Å². The van der Waals surface area contributed by atoms with Crippen molar-refractivity contribution in [2.24, 2.45) is 11.8 Å². The van der Waals surface area contributed by atoms with Gasteiger partial charge in [0.1, 0.15) is 0 Å². The molecular formula is C43H33N. The van der Waals surface area contributed by atoms with Crippen molar-refractivity contribution in [3.63, 3.8) is 0 Å². The monoisotopic (exact) mass is 563 g/mol. The van der Waals surface area contributed by atoms with E-state index in [9.17, 15) is 0 Å². The molecule has 0 N–H and O–H groups in total. The lowest BCUT2D eigenvalue weighted by atomic mass is 9.74. The molecule has 0 bridgehead atoms. The number of aromatic nitrogens is 1. The highest BCUT2D eigenvalue weighted by atomic mass is 15.0. The van der Waals surface area contributed by atoms with Crippen LogP contribution in [0.1, 0.15) is 48.9 Å². The third-order valence-corrected chi connectivity index (χ3v) is 11.3. The van der Waals surface area contributed by atoms with E-state index in [0.717, 1.165) is 12.8 Å². The van der Waals surface area contributed by atoms with Gasteiger partial charge < -0.3 is 4.57 Å². The molecule has 1 heteroatoms. The van der Waals surface area contributed by atoms with Crippen LogP contribution in [0.5, 0.6) is 0 Å². The average molecular weight is 564 g/mol. The van der Waals surface area contributed by atoms with Gasteiger partial charge in [0.05, 0.1) is 11.0 Å². The number of hydrogen-bond donors (Lipinski definition) is 0. The van der Waals surface area contributed by atoms with E-state index < -0.39 is 0 Å². The summed E-state index contributed by atoms with van der Waals surface area (Å²) in [4.78, 5) is 0. The number of nitrogens with zero attached hydrogens (tertiary/aromatic N) is 1. The third-order valence-electron chi connectivity index (χ3n) is 11.3. The molecule has 0 radical (unpaired) electrons. The fraction of sp³-hybridized carbons (Fsp3) is 0.163. The summed E-state index contributed by atoms with van der Waals surface area (Å²) in [5.74, 6) is 0.610. The molecule has 1 aromatic heterocycles. The molecule has 5 aromatic rings. The van der Waals surface area contributed by atoms with Gasteiger partial charge >= 0.3 is 0 Å². The summed E-state index contributed by atoms with van der Waals surface area (Å²) < 4.78 is 2.67.